The lowest BCUT2D eigenvalue weighted by Crippen LogP contribution is -2.31. The second-order valence-corrected chi connectivity index (χ2v) is 27.8. The Bertz CT molecular complexity index is 6630. The van der Waals surface area contributed by atoms with E-state index in [1.54, 1.807) is 0 Å². The lowest BCUT2D eigenvalue weighted by atomic mass is 9.72. The van der Waals surface area contributed by atoms with Gasteiger partial charge in [0.2, 0.25) is 0 Å². The van der Waals surface area contributed by atoms with Crippen LogP contribution in [0.25, 0.3) is 186 Å². The van der Waals surface area contributed by atoms with E-state index in [0.717, 1.165) is 42.7 Å². The molecule has 0 fully saturated rings. The van der Waals surface area contributed by atoms with E-state index in [-0.39, 0.29) is 7.43 Å². The molecule has 0 spiro atoms. The van der Waals surface area contributed by atoms with Crippen LogP contribution in [0, 0.1) is 0 Å². The Morgan fingerprint density at radius 3 is 0.810 bits per heavy atom. The summed E-state index contributed by atoms with van der Waals surface area (Å²) in [6.45, 7) is 0. The summed E-state index contributed by atoms with van der Waals surface area (Å²) in [5, 5.41) is 44.5. The Morgan fingerprint density at radius 1 is 0.181 bits per heavy atom. The van der Waals surface area contributed by atoms with Gasteiger partial charge in [0.1, 0.15) is 0 Å². The van der Waals surface area contributed by atoms with Crippen molar-refractivity contribution in [2.45, 2.75) is 7.43 Å². The average molecular weight is 1410 g/mol. The van der Waals surface area contributed by atoms with Crippen molar-refractivity contribution >= 4 is 136 Å². The molecule has 0 bridgehead atoms. The van der Waals surface area contributed by atoms with Gasteiger partial charge in [0, 0.05) is 4.47 Å². The van der Waals surface area contributed by atoms with Crippen molar-refractivity contribution in [3.8, 4) is 77.9 Å². The van der Waals surface area contributed by atoms with Crippen molar-refractivity contribution in [1.82, 2.24) is 0 Å². The summed E-state index contributed by atoms with van der Waals surface area (Å²) in [6, 6.07) is 139. The first-order valence-electron chi connectivity index (χ1n) is 35.4. The van der Waals surface area contributed by atoms with Gasteiger partial charge >= 0.3 is 7.12 Å². The molecule has 20 aromatic rings. The van der Waals surface area contributed by atoms with Crippen molar-refractivity contribution in [2.75, 3.05) is 0 Å². The van der Waals surface area contributed by atoms with E-state index in [4.69, 9.17) is 0 Å². The second kappa shape index (κ2) is 28.4. The first kappa shape index (κ1) is 65.8. The van der Waals surface area contributed by atoms with Crippen LogP contribution >= 0.6 is 15.9 Å². The van der Waals surface area contributed by atoms with Crippen molar-refractivity contribution in [3.05, 3.63) is 393 Å². The van der Waals surface area contributed by atoms with Crippen molar-refractivity contribution in [1.29, 1.82) is 0 Å². The molecule has 0 aliphatic carbocycles. The molecule has 496 valence electrons. The number of rotatable bonds is 8. The van der Waals surface area contributed by atoms with Gasteiger partial charge in [0.05, 0.1) is 0 Å². The van der Waals surface area contributed by atoms with E-state index < -0.39 is 7.12 Å². The Kier molecular flexibility index (Phi) is 17.8. The summed E-state index contributed by atoms with van der Waals surface area (Å²) in [4.78, 5) is 0. The fraction of sp³-hybridized carbons (Fsp3) is 0.00990. The summed E-state index contributed by atoms with van der Waals surface area (Å²) in [6.07, 6.45) is 0. The predicted octanol–water partition coefficient (Wildman–Crippen LogP) is 27.3. The zero-order valence-electron chi connectivity index (χ0n) is 56.8. The van der Waals surface area contributed by atoms with Crippen molar-refractivity contribution in [2.24, 2.45) is 0 Å². The molecule has 0 aliphatic rings. The van der Waals surface area contributed by atoms with E-state index in [1.807, 2.05) is 36.4 Å². The summed E-state index contributed by atoms with van der Waals surface area (Å²) in [5.74, 6) is 0. The lowest BCUT2D eigenvalue weighted by Gasteiger charge is -2.19. The van der Waals surface area contributed by atoms with Crippen LogP contribution in [0.3, 0.4) is 0 Å². The fourth-order valence-electron chi connectivity index (χ4n) is 16.0. The molecule has 2 N–H and O–H groups in total. The monoisotopic (exact) mass is 1400 g/mol. The van der Waals surface area contributed by atoms with Crippen molar-refractivity contribution in [3.63, 3.8) is 0 Å². The number of halogens is 1. The highest BCUT2D eigenvalue weighted by Crippen LogP contribution is 2.46. The Labute approximate surface area is 619 Å². The third-order valence-electron chi connectivity index (χ3n) is 20.8. The first-order valence-corrected chi connectivity index (χ1v) is 36.2. The van der Waals surface area contributed by atoms with E-state index in [9.17, 15) is 10.0 Å². The smallest absolute Gasteiger partial charge is 0.423 e. The highest BCUT2D eigenvalue weighted by molar-refractivity contribution is 9.10. The molecule has 0 aromatic heterocycles. The first-order chi connectivity index (χ1) is 51.3. The van der Waals surface area contributed by atoms with Gasteiger partial charge in [-0.1, -0.05) is 369 Å². The molecule has 0 heterocycles. The molecule has 0 amide bonds. The molecule has 4 heteroatoms. The summed E-state index contributed by atoms with van der Waals surface area (Å²) in [5.41, 5.74) is 17.5. The van der Waals surface area contributed by atoms with Crippen LogP contribution in [-0.2, 0) is 0 Å². The minimum Gasteiger partial charge on any atom is -0.423 e. The van der Waals surface area contributed by atoms with Crippen molar-refractivity contribution < 1.29 is 10.0 Å². The standard InChI is InChI=1S/C50H32.C30H21BO2.C20H13Br.CH4/c1-3-19-41-33(12-1)14-11-25-43(41)38-16-10-18-40(31-38)50-46-23-7-5-21-44(46)49(45-22-6-8-24-47(45)50)39-17-9-15-36(30-39)37-29-28-35-27-26-34-13-2-4-20-42(34)48(35)32-37;32-31(33)30-27-16-5-3-14-25(27)29(26-15-4-6-17-28(26)30)22-12-7-11-21(19-22)24-18-8-10-20-9-1-2-13-23(20)24;21-18-6-3-5-16(12-18)17-11-10-15-9-8-14-4-1-2-7-19(14)20(15)13-17;/h1-32H;1-19,32-33H;1-13H;1H4. The Balaban J connectivity index is 0.000000127. The molecule has 0 unspecified atom stereocenters. The van der Waals surface area contributed by atoms with Crippen LogP contribution in [0.15, 0.2) is 393 Å². The maximum absolute atomic E-state index is 10.2. The quantitative estimate of drug-likeness (QED) is 0.0904. The molecule has 0 atom stereocenters. The molecule has 0 radical (unpaired) electrons. The highest BCUT2D eigenvalue weighted by Gasteiger charge is 2.23. The van der Waals surface area contributed by atoms with Gasteiger partial charge in [-0.3, -0.25) is 0 Å². The van der Waals surface area contributed by atoms with E-state index in [0.29, 0.717) is 5.46 Å². The minimum atomic E-state index is -1.55. The lowest BCUT2D eigenvalue weighted by molar-refractivity contribution is 0.426. The molecule has 105 heavy (non-hydrogen) atoms. The van der Waals surface area contributed by atoms with Crippen LogP contribution in [-0.4, -0.2) is 17.2 Å². The topological polar surface area (TPSA) is 40.5 Å². The third kappa shape index (κ3) is 12.4. The number of fused-ring (bicyclic) bond motifs is 12. The van der Waals surface area contributed by atoms with Gasteiger partial charge in [0.25, 0.3) is 0 Å². The van der Waals surface area contributed by atoms with Crippen LogP contribution in [0.4, 0.5) is 0 Å². The highest BCUT2D eigenvalue weighted by atomic mass is 79.9. The molecular weight excluding hydrogens is 1340 g/mol. The van der Waals surface area contributed by atoms with E-state index >= 15 is 0 Å². The molecule has 0 aliphatic heterocycles. The fourth-order valence-corrected chi connectivity index (χ4v) is 16.4. The van der Waals surface area contributed by atoms with Gasteiger partial charge < -0.3 is 10.0 Å². The van der Waals surface area contributed by atoms with E-state index in [2.05, 4.69) is 368 Å². The normalized spacial score (nSPS) is 11.3. The number of hydrogen-bond donors (Lipinski definition) is 2. The zero-order chi connectivity index (χ0) is 69.6. The van der Waals surface area contributed by atoms with Gasteiger partial charge in [0.15, 0.2) is 0 Å². The maximum Gasteiger partial charge on any atom is 0.489 e. The molecule has 2 nitrogen and oxygen atoms in total. The Hall–Kier alpha value is -12.5. The van der Waals surface area contributed by atoms with Crippen LogP contribution < -0.4 is 5.46 Å². The molecule has 0 saturated carbocycles. The van der Waals surface area contributed by atoms with Gasteiger partial charge in [-0.15, -0.1) is 0 Å². The van der Waals surface area contributed by atoms with Gasteiger partial charge in [-0.2, -0.15) is 0 Å². The SMILES string of the molecule is Brc1cccc(-c2ccc3ccc4ccccc4c3c2)c1.C.OB(O)c1c2ccccc2c(-c2cccc(-c3cccc4ccccc34)c2)c2ccccc12.c1cc(-c2ccc3ccc4ccccc4c3c2)cc(-c2c3ccccc3c(-c3cccc(-c4cccc5ccccc45)c3)c3ccccc23)c1. The summed E-state index contributed by atoms with van der Waals surface area (Å²) < 4.78 is 1.11. The Morgan fingerprint density at radius 2 is 0.429 bits per heavy atom. The second-order valence-electron chi connectivity index (χ2n) is 26.8. The number of hydrogen-bond acceptors (Lipinski definition) is 2. The maximum atomic E-state index is 10.2. The van der Waals surface area contributed by atoms with Crippen LogP contribution in [0.1, 0.15) is 7.43 Å². The summed E-state index contributed by atoms with van der Waals surface area (Å²) >= 11 is 3.55. The average Bonchev–Trinajstić information content (AvgIpc) is 0.741. The molecule has 20 rings (SSSR count). The van der Waals surface area contributed by atoms with Gasteiger partial charge in [-0.25, -0.2) is 0 Å². The van der Waals surface area contributed by atoms with E-state index in [1.165, 1.54) is 147 Å². The van der Waals surface area contributed by atoms with Gasteiger partial charge in [-0.05, 0) is 234 Å². The van der Waals surface area contributed by atoms with Crippen LogP contribution in [0.5, 0.6) is 0 Å². The van der Waals surface area contributed by atoms with Crippen LogP contribution in [0.2, 0.25) is 0 Å². The predicted molar refractivity (Wildman–Crippen MR) is 457 cm³/mol. The summed E-state index contributed by atoms with van der Waals surface area (Å²) in [7, 11) is -1.55. The zero-order valence-corrected chi connectivity index (χ0v) is 58.4. The molecular formula is C101H70BBrO2. The largest absolute Gasteiger partial charge is 0.489 e. The minimum absolute atomic E-state index is 0. The molecule has 0 saturated heterocycles. The molecule has 20 aromatic carbocycles. The third-order valence-corrected chi connectivity index (χ3v) is 21.3. The number of benzene rings is 20.